The van der Waals surface area contributed by atoms with Crippen molar-refractivity contribution < 1.29 is 14.6 Å². The average molecular weight is 277 g/mol. The Balaban J connectivity index is 2.51. The Kier molecular flexibility index (Phi) is 6.25. The number of carbonyl (C=O) groups is 1. The van der Waals surface area contributed by atoms with Crippen molar-refractivity contribution >= 4 is 12.0 Å². The van der Waals surface area contributed by atoms with Crippen molar-refractivity contribution in [2.24, 2.45) is 0 Å². The van der Waals surface area contributed by atoms with Gasteiger partial charge in [-0.2, -0.15) is 0 Å². The van der Waals surface area contributed by atoms with Crippen molar-refractivity contribution in [2.75, 3.05) is 13.7 Å². The van der Waals surface area contributed by atoms with E-state index in [0.717, 1.165) is 17.7 Å². The molecule has 0 aliphatic carbocycles. The number of carbonyl (C=O) groups excluding carboxylic acids is 1. The minimum atomic E-state index is -0.853. The Morgan fingerprint density at radius 2 is 2.25 bits per heavy atom. The molecule has 0 heterocycles. The molecule has 2 N–H and O–H groups in total. The molecule has 0 bridgehead atoms. The number of methoxy groups -OCH3 is 1. The second-order valence-corrected chi connectivity index (χ2v) is 5.07. The maximum atomic E-state index is 11.7. The molecule has 1 aromatic rings. The zero-order valence-electron chi connectivity index (χ0n) is 12.3. The number of benzene rings is 1. The molecule has 0 aliphatic rings. The van der Waals surface area contributed by atoms with E-state index in [4.69, 9.17) is 4.74 Å². The fraction of sp³-hybridized carbons (Fsp3) is 0.438. The highest BCUT2D eigenvalue weighted by Crippen LogP contribution is 2.13. The first kappa shape index (κ1) is 16.2. The number of rotatable bonds is 7. The molecule has 110 valence electrons. The van der Waals surface area contributed by atoms with Gasteiger partial charge in [-0.15, -0.1) is 0 Å². The van der Waals surface area contributed by atoms with Gasteiger partial charge in [0.2, 0.25) is 5.91 Å². The van der Waals surface area contributed by atoms with Crippen molar-refractivity contribution in [1.29, 1.82) is 0 Å². The summed E-state index contributed by atoms with van der Waals surface area (Å²) in [6.07, 6.45) is 4.71. The first-order valence-corrected chi connectivity index (χ1v) is 6.79. The van der Waals surface area contributed by atoms with Crippen LogP contribution in [-0.4, -0.2) is 30.3 Å². The molecule has 4 heteroatoms. The molecule has 1 rings (SSSR count). The maximum absolute atomic E-state index is 11.7. The third-order valence-electron chi connectivity index (χ3n) is 2.95. The van der Waals surface area contributed by atoms with E-state index >= 15 is 0 Å². The van der Waals surface area contributed by atoms with Gasteiger partial charge in [0, 0.05) is 12.6 Å². The normalized spacial score (nSPS) is 14.0. The highest BCUT2D eigenvalue weighted by atomic mass is 16.5. The van der Waals surface area contributed by atoms with Crippen LogP contribution in [0.4, 0.5) is 0 Å². The summed E-state index contributed by atoms with van der Waals surface area (Å²) in [5, 5.41) is 12.7. The predicted molar refractivity (Wildman–Crippen MR) is 80.6 cm³/mol. The van der Waals surface area contributed by atoms with Gasteiger partial charge in [0.15, 0.2) is 0 Å². The van der Waals surface area contributed by atoms with E-state index in [1.807, 2.05) is 31.2 Å². The Morgan fingerprint density at radius 3 is 2.90 bits per heavy atom. The van der Waals surface area contributed by atoms with Crippen LogP contribution >= 0.6 is 0 Å². The van der Waals surface area contributed by atoms with Gasteiger partial charge in [0.1, 0.15) is 5.75 Å². The van der Waals surface area contributed by atoms with Crippen LogP contribution in [0.2, 0.25) is 0 Å². The van der Waals surface area contributed by atoms with Crippen LogP contribution in [0.3, 0.4) is 0 Å². The van der Waals surface area contributed by atoms with Crippen molar-refractivity contribution in [3.8, 4) is 5.75 Å². The number of ether oxygens (including phenoxy) is 1. The highest BCUT2D eigenvalue weighted by molar-refractivity contribution is 5.91. The molecule has 1 atom stereocenters. The van der Waals surface area contributed by atoms with Gasteiger partial charge in [0.05, 0.1) is 12.7 Å². The molecule has 4 nitrogen and oxygen atoms in total. The lowest BCUT2D eigenvalue weighted by molar-refractivity contribution is -0.117. The Morgan fingerprint density at radius 1 is 1.50 bits per heavy atom. The Hall–Kier alpha value is -1.81. The van der Waals surface area contributed by atoms with E-state index in [9.17, 15) is 9.90 Å². The van der Waals surface area contributed by atoms with Crippen LogP contribution < -0.4 is 10.1 Å². The standard InChI is InChI=1S/C16H23NO3/c1-4-10-16(2,19)12-17-15(18)9-8-13-6-5-7-14(11-13)20-3/h5-9,11,19H,4,10,12H2,1-3H3,(H,17,18)/b9-8+. The topological polar surface area (TPSA) is 58.6 Å². The average Bonchev–Trinajstić information content (AvgIpc) is 2.43. The van der Waals surface area contributed by atoms with E-state index in [1.165, 1.54) is 6.08 Å². The van der Waals surface area contributed by atoms with Crippen LogP contribution in [0.5, 0.6) is 5.75 Å². The molecule has 0 saturated carbocycles. The number of amides is 1. The summed E-state index contributed by atoms with van der Waals surface area (Å²) in [5.41, 5.74) is 0.0358. The van der Waals surface area contributed by atoms with Crippen LogP contribution in [-0.2, 0) is 4.79 Å². The molecule has 0 aromatic heterocycles. The molecular weight excluding hydrogens is 254 g/mol. The molecule has 1 aromatic carbocycles. The molecule has 1 amide bonds. The molecule has 1 unspecified atom stereocenters. The minimum absolute atomic E-state index is 0.218. The summed E-state index contributed by atoms with van der Waals surface area (Å²) < 4.78 is 5.11. The lowest BCUT2D eigenvalue weighted by Gasteiger charge is -2.22. The smallest absolute Gasteiger partial charge is 0.244 e. The second-order valence-electron chi connectivity index (χ2n) is 5.07. The monoisotopic (exact) mass is 277 g/mol. The largest absolute Gasteiger partial charge is 0.497 e. The zero-order valence-corrected chi connectivity index (χ0v) is 12.3. The lowest BCUT2D eigenvalue weighted by Crippen LogP contribution is -2.39. The fourth-order valence-corrected chi connectivity index (χ4v) is 1.88. The SMILES string of the molecule is CCCC(C)(O)CNC(=O)/C=C/c1cccc(OC)c1. The summed E-state index contributed by atoms with van der Waals surface area (Å²) in [6.45, 7) is 3.98. The van der Waals surface area contributed by atoms with Gasteiger partial charge >= 0.3 is 0 Å². The quantitative estimate of drug-likeness (QED) is 0.752. The van der Waals surface area contributed by atoms with Gasteiger partial charge in [-0.25, -0.2) is 0 Å². The third kappa shape index (κ3) is 5.89. The highest BCUT2D eigenvalue weighted by Gasteiger charge is 2.18. The lowest BCUT2D eigenvalue weighted by atomic mass is 10.0. The number of aliphatic hydroxyl groups is 1. The number of hydrogen-bond donors (Lipinski definition) is 2. The van der Waals surface area contributed by atoms with Crippen molar-refractivity contribution in [2.45, 2.75) is 32.3 Å². The van der Waals surface area contributed by atoms with Gasteiger partial charge in [-0.1, -0.05) is 25.5 Å². The molecule has 0 radical (unpaired) electrons. The molecular formula is C16H23NO3. The predicted octanol–water partition coefficient (Wildman–Crippen LogP) is 2.38. The summed E-state index contributed by atoms with van der Waals surface area (Å²) in [4.78, 5) is 11.7. The minimum Gasteiger partial charge on any atom is -0.497 e. The van der Waals surface area contributed by atoms with Crippen LogP contribution in [0.25, 0.3) is 6.08 Å². The summed E-state index contributed by atoms with van der Waals surface area (Å²) in [7, 11) is 1.60. The third-order valence-corrected chi connectivity index (χ3v) is 2.95. The van der Waals surface area contributed by atoms with Crippen molar-refractivity contribution in [3.05, 3.63) is 35.9 Å². The van der Waals surface area contributed by atoms with E-state index < -0.39 is 5.60 Å². The molecule has 0 fully saturated rings. The Bertz CT molecular complexity index is 467. The Labute approximate surface area is 120 Å². The molecule has 0 saturated heterocycles. The van der Waals surface area contributed by atoms with Gasteiger partial charge in [0.25, 0.3) is 0 Å². The maximum Gasteiger partial charge on any atom is 0.244 e. The van der Waals surface area contributed by atoms with Crippen molar-refractivity contribution in [3.63, 3.8) is 0 Å². The first-order valence-electron chi connectivity index (χ1n) is 6.79. The van der Waals surface area contributed by atoms with E-state index in [-0.39, 0.29) is 12.5 Å². The summed E-state index contributed by atoms with van der Waals surface area (Å²) in [5.74, 6) is 0.530. The van der Waals surface area contributed by atoms with E-state index in [0.29, 0.717) is 6.42 Å². The first-order chi connectivity index (χ1) is 9.46. The van der Waals surface area contributed by atoms with Crippen LogP contribution in [0.15, 0.2) is 30.3 Å². The fourth-order valence-electron chi connectivity index (χ4n) is 1.88. The van der Waals surface area contributed by atoms with Crippen LogP contribution in [0.1, 0.15) is 32.3 Å². The molecule has 20 heavy (non-hydrogen) atoms. The summed E-state index contributed by atoms with van der Waals surface area (Å²) in [6, 6.07) is 7.44. The van der Waals surface area contributed by atoms with E-state index in [1.54, 1.807) is 20.1 Å². The summed E-state index contributed by atoms with van der Waals surface area (Å²) >= 11 is 0. The van der Waals surface area contributed by atoms with Crippen LogP contribution in [0, 0.1) is 0 Å². The van der Waals surface area contributed by atoms with E-state index in [2.05, 4.69) is 5.32 Å². The van der Waals surface area contributed by atoms with Gasteiger partial charge in [-0.05, 0) is 37.1 Å². The zero-order chi connectivity index (χ0) is 15.0. The van der Waals surface area contributed by atoms with Gasteiger partial charge < -0.3 is 15.2 Å². The molecule has 0 aliphatic heterocycles. The van der Waals surface area contributed by atoms with Crippen molar-refractivity contribution in [1.82, 2.24) is 5.32 Å². The van der Waals surface area contributed by atoms with Gasteiger partial charge in [-0.3, -0.25) is 4.79 Å². The number of nitrogens with one attached hydrogen (secondary N) is 1. The number of hydrogen-bond acceptors (Lipinski definition) is 3. The second kappa shape index (κ2) is 7.70. The molecule has 0 spiro atoms.